The first-order chi connectivity index (χ1) is 8.34. The predicted molar refractivity (Wildman–Crippen MR) is 75.7 cm³/mol. The molecule has 0 radical (unpaired) electrons. The van der Waals surface area contributed by atoms with Crippen molar-refractivity contribution in [1.29, 1.82) is 0 Å². The van der Waals surface area contributed by atoms with Crippen LogP contribution in [0.25, 0.3) is 0 Å². The van der Waals surface area contributed by atoms with Crippen LogP contribution in [-0.4, -0.2) is 38.1 Å². The molecule has 17 heavy (non-hydrogen) atoms. The summed E-state index contributed by atoms with van der Waals surface area (Å²) in [5.74, 6) is 0.992. The van der Waals surface area contributed by atoms with Crippen LogP contribution in [0.2, 0.25) is 0 Å². The first kappa shape index (κ1) is 13.1. The smallest absolute Gasteiger partial charge is 0.0104 e. The first-order valence-electron chi connectivity index (χ1n) is 6.76. The highest BCUT2D eigenvalue weighted by molar-refractivity contribution is 7.09. The van der Waals surface area contributed by atoms with Gasteiger partial charge in [0, 0.05) is 31.1 Å². The van der Waals surface area contributed by atoms with Crippen molar-refractivity contribution >= 4 is 11.3 Å². The largest absolute Gasteiger partial charge is 0.315 e. The number of rotatable bonds is 8. The van der Waals surface area contributed by atoms with E-state index in [4.69, 9.17) is 0 Å². The Bertz CT molecular complexity index is 293. The van der Waals surface area contributed by atoms with Crippen LogP contribution in [0.15, 0.2) is 17.5 Å². The molecule has 1 fully saturated rings. The van der Waals surface area contributed by atoms with Gasteiger partial charge in [-0.15, -0.1) is 11.3 Å². The van der Waals surface area contributed by atoms with E-state index in [0.29, 0.717) is 0 Å². The van der Waals surface area contributed by atoms with Crippen LogP contribution in [0.4, 0.5) is 0 Å². The predicted octanol–water partition coefficient (Wildman–Crippen LogP) is 2.61. The Morgan fingerprint density at radius 2 is 2.29 bits per heavy atom. The maximum Gasteiger partial charge on any atom is 0.0104 e. The lowest BCUT2D eigenvalue weighted by atomic mass is 9.85. The van der Waals surface area contributed by atoms with Gasteiger partial charge in [-0.1, -0.05) is 12.5 Å². The summed E-state index contributed by atoms with van der Waals surface area (Å²) in [7, 11) is 2.25. The van der Waals surface area contributed by atoms with Gasteiger partial charge in [0.25, 0.3) is 0 Å². The number of thiophene rings is 1. The van der Waals surface area contributed by atoms with Crippen LogP contribution < -0.4 is 5.32 Å². The van der Waals surface area contributed by atoms with E-state index in [1.54, 1.807) is 0 Å². The molecule has 0 unspecified atom stereocenters. The van der Waals surface area contributed by atoms with Gasteiger partial charge in [0.05, 0.1) is 0 Å². The number of nitrogens with zero attached hydrogens (tertiary/aromatic N) is 1. The highest BCUT2D eigenvalue weighted by Crippen LogP contribution is 2.26. The fourth-order valence-electron chi connectivity index (χ4n) is 2.27. The van der Waals surface area contributed by atoms with Gasteiger partial charge >= 0.3 is 0 Å². The molecule has 0 spiro atoms. The maximum absolute atomic E-state index is 3.53. The minimum atomic E-state index is 0.992. The summed E-state index contributed by atoms with van der Waals surface area (Å²) in [6.45, 7) is 4.71. The van der Waals surface area contributed by atoms with Crippen molar-refractivity contribution in [1.82, 2.24) is 10.2 Å². The molecule has 0 aliphatic heterocycles. The second-order valence-corrected chi connectivity index (χ2v) is 6.17. The van der Waals surface area contributed by atoms with E-state index < -0.39 is 0 Å². The lowest BCUT2D eigenvalue weighted by Gasteiger charge is -2.30. The molecule has 0 bridgehead atoms. The molecule has 1 aliphatic carbocycles. The molecule has 2 rings (SSSR count). The Balaban J connectivity index is 1.45. The number of hydrogen-bond acceptors (Lipinski definition) is 3. The first-order valence-corrected chi connectivity index (χ1v) is 7.64. The Morgan fingerprint density at radius 1 is 1.41 bits per heavy atom. The van der Waals surface area contributed by atoms with Gasteiger partial charge in [-0.3, -0.25) is 0 Å². The summed E-state index contributed by atoms with van der Waals surface area (Å²) in [4.78, 5) is 3.96. The van der Waals surface area contributed by atoms with E-state index in [-0.39, 0.29) is 0 Å². The Morgan fingerprint density at radius 3 is 2.94 bits per heavy atom. The summed E-state index contributed by atoms with van der Waals surface area (Å²) in [5.41, 5.74) is 0. The molecule has 0 atom stereocenters. The molecule has 2 nitrogen and oxygen atoms in total. The summed E-state index contributed by atoms with van der Waals surface area (Å²) < 4.78 is 0. The topological polar surface area (TPSA) is 15.3 Å². The number of likely N-dealkylation sites (N-methyl/N-ethyl adjacent to an activating group) is 1. The van der Waals surface area contributed by atoms with E-state index in [1.165, 1.54) is 43.6 Å². The number of nitrogens with one attached hydrogen (secondary N) is 1. The molecule has 0 amide bonds. The van der Waals surface area contributed by atoms with Gasteiger partial charge in [-0.2, -0.15) is 0 Å². The molecule has 3 heteroatoms. The van der Waals surface area contributed by atoms with Gasteiger partial charge in [-0.05, 0) is 43.7 Å². The molecule has 0 aromatic carbocycles. The normalized spacial score (nSPS) is 16.4. The molecule has 1 N–H and O–H groups in total. The van der Waals surface area contributed by atoms with Crippen LogP contribution >= 0.6 is 11.3 Å². The monoisotopic (exact) mass is 252 g/mol. The number of hydrogen-bond donors (Lipinski definition) is 1. The minimum absolute atomic E-state index is 0.992. The zero-order chi connectivity index (χ0) is 11.9. The van der Waals surface area contributed by atoms with Crippen molar-refractivity contribution in [2.75, 3.05) is 33.2 Å². The van der Waals surface area contributed by atoms with E-state index in [9.17, 15) is 0 Å². The van der Waals surface area contributed by atoms with Crippen LogP contribution in [0, 0.1) is 5.92 Å². The quantitative estimate of drug-likeness (QED) is 0.716. The van der Waals surface area contributed by atoms with E-state index >= 15 is 0 Å². The SMILES string of the molecule is CN(CCNCCc1cccs1)CC1CCC1. The van der Waals surface area contributed by atoms with Crippen molar-refractivity contribution in [3.05, 3.63) is 22.4 Å². The van der Waals surface area contributed by atoms with E-state index in [0.717, 1.165) is 19.0 Å². The highest BCUT2D eigenvalue weighted by Gasteiger charge is 2.18. The van der Waals surface area contributed by atoms with Crippen molar-refractivity contribution in [2.24, 2.45) is 5.92 Å². The van der Waals surface area contributed by atoms with E-state index in [2.05, 4.69) is 34.8 Å². The fourth-order valence-corrected chi connectivity index (χ4v) is 2.98. The van der Waals surface area contributed by atoms with Gasteiger partial charge < -0.3 is 10.2 Å². The minimum Gasteiger partial charge on any atom is -0.315 e. The third kappa shape index (κ3) is 4.78. The Kier molecular flexibility index (Phi) is 5.49. The zero-order valence-corrected chi connectivity index (χ0v) is 11.6. The van der Waals surface area contributed by atoms with Crippen molar-refractivity contribution in [2.45, 2.75) is 25.7 Å². The molecular weight excluding hydrogens is 228 g/mol. The van der Waals surface area contributed by atoms with Gasteiger partial charge in [0.15, 0.2) is 0 Å². The van der Waals surface area contributed by atoms with Crippen molar-refractivity contribution < 1.29 is 0 Å². The molecule has 96 valence electrons. The summed E-state index contributed by atoms with van der Waals surface area (Å²) >= 11 is 1.86. The van der Waals surface area contributed by atoms with Crippen LogP contribution in [0.1, 0.15) is 24.1 Å². The van der Waals surface area contributed by atoms with Gasteiger partial charge in [0.2, 0.25) is 0 Å². The van der Waals surface area contributed by atoms with Crippen molar-refractivity contribution in [3.63, 3.8) is 0 Å². The fraction of sp³-hybridized carbons (Fsp3) is 0.714. The van der Waals surface area contributed by atoms with Crippen LogP contribution in [0.3, 0.4) is 0 Å². The van der Waals surface area contributed by atoms with Crippen LogP contribution in [-0.2, 0) is 6.42 Å². The van der Waals surface area contributed by atoms with Gasteiger partial charge in [-0.25, -0.2) is 0 Å². The Hall–Kier alpha value is -0.380. The summed E-state index contributed by atoms with van der Waals surface area (Å²) in [6.07, 6.45) is 5.54. The van der Waals surface area contributed by atoms with Crippen LogP contribution in [0.5, 0.6) is 0 Å². The maximum atomic E-state index is 3.53. The zero-order valence-electron chi connectivity index (χ0n) is 10.8. The van der Waals surface area contributed by atoms with Gasteiger partial charge in [0.1, 0.15) is 0 Å². The molecular formula is C14H24N2S. The molecule has 0 saturated heterocycles. The molecule has 1 aromatic heterocycles. The molecule has 1 heterocycles. The third-order valence-corrected chi connectivity index (χ3v) is 4.53. The van der Waals surface area contributed by atoms with Crippen molar-refractivity contribution in [3.8, 4) is 0 Å². The third-order valence-electron chi connectivity index (χ3n) is 3.59. The molecule has 1 aromatic rings. The average molecular weight is 252 g/mol. The standard InChI is InChI=1S/C14H24N2S/c1-16(12-13-4-2-5-13)10-9-15-8-7-14-6-3-11-17-14/h3,6,11,13,15H,2,4-5,7-10,12H2,1H3. The second-order valence-electron chi connectivity index (χ2n) is 5.14. The highest BCUT2D eigenvalue weighted by atomic mass is 32.1. The lowest BCUT2D eigenvalue weighted by molar-refractivity contribution is 0.206. The second kappa shape index (κ2) is 7.14. The molecule has 1 aliphatic rings. The molecule has 1 saturated carbocycles. The average Bonchev–Trinajstić information content (AvgIpc) is 2.76. The summed E-state index contributed by atoms with van der Waals surface area (Å²) in [5, 5.41) is 5.68. The Labute approximate surface area is 109 Å². The van der Waals surface area contributed by atoms with E-state index in [1.807, 2.05) is 11.3 Å². The summed E-state index contributed by atoms with van der Waals surface area (Å²) in [6, 6.07) is 4.35. The lowest BCUT2D eigenvalue weighted by Crippen LogP contribution is -2.35.